The molecule has 0 aromatic carbocycles. The van der Waals surface area contributed by atoms with Crippen molar-refractivity contribution in [3.8, 4) is 0 Å². The van der Waals surface area contributed by atoms with Crippen LogP contribution in [0.25, 0.3) is 0 Å². The summed E-state index contributed by atoms with van der Waals surface area (Å²) in [5, 5.41) is 21.1. The molecule has 0 spiro atoms. The van der Waals surface area contributed by atoms with Crippen LogP contribution in [0.5, 0.6) is 0 Å². The number of ether oxygens (including phenoxy) is 1. The Labute approximate surface area is 113 Å². The minimum Gasteiger partial charge on any atom is -0.479 e. The van der Waals surface area contributed by atoms with Gasteiger partial charge in [-0.2, -0.15) is 0 Å². The Hall–Kier alpha value is -1.14. The smallest absolute Gasteiger partial charge is 0.332 e. The summed E-state index contributed by atoms with van der Waals surface area (Å²) in [4.78, 5) is 22.4. The van der Waals surface area contributed by atoms with Gasteiger partial charge in [0.2, 0.25) is 5.91 Å². The molecule has 0 saturated carbocycles. The lowest BCUT2D eigenvalue weighted by molar-refractivity contribution is -0.151. The van der Waals surface area contributed by atoms with Gasteiger partial charge in [-0.3, -0.25) is 4.79 Å². The molecule has 1 fully saturated rings. The molecule has 1 aliphatic rings. The van der Waals surface area contributed by atoms with E-state index in [1.165, 1.54) is 0 Å². The van der Waals surface area contributed by atoms with Gasteiger partial charge in [0.25, 0.3) is 0 Å². The molecule has 0 bridgehead atoms. The number of hydrogen-bond acceptors (Lipinski definition) is 4. The van der Waals surface area contributed by atoms with E-state index in [4.69, 9.17) is 9.84 Å². The van der Waals surface area contributed by atoms with E-state index >= 15 is 0 Å². The zero-order valence-electron chi connectivity index (χ0n) is 11.7. The number of aliphatic hydroxyl groups is 1. The van der Waals surface area contributed by atoms with Crippen molar-refractivity contribution >= 4 is 11.9 Å². The van der Waals surface area contributed by atoms with Gasteiger partial charge in [-0.05, 0) is 24.7 Å². The lowest BCUT2D eigenvalue weighted by Crippen LogP contribution is -2.40. The molecule has 3 atom stereocenters. The highest BCUT2D eigenvalue weighted by molar-refractivity contribution is 5.82. The third-order valence-corrected chi connectivity index (χ3v) is 2.95. The summed E-state index contributed by atoms with van der Waals surface area (Å²) in [6.07, 6.45) is -0.897. The summed E-state index contributed by atoms with van der Waals surface area (Å²) < 4.78 is 5.12. The van der Waals surface area contributed by atoms with E-state index in [1.807, 2.05) is 20.8 Å². The summed E-state index contributed by atoms with van der Waals surface area (Å²) in [6, 6.07) is 0. The molecule has 1 aliphatic heterocycles. The van der Waals surface area contributed by atoms with E-state index in [2.05, 4.69) is 5.32 Å². The lowest BCUT2D eigenvalue weighted by Gasteiger charge is -2.23. The average Bonchev–Trinajstić information content (AvgIpc) is 2.72. The fourth-order valence-corrected chi connectivity index (χ4v) is 2.12. The second-order valence-corrected chi connectivity index (χ2v) is 6.19. The molecule has 0 aliphatic carbocycles. The molecule has 1 amide bonds. The number of aliphatic hydroxyl groups excluding tert-OH is 1. The molecule has 0 radical (unpaired) electrons. The van der Waals surface area contributed by atoms with E-state index in [-0.39, 0.29) is 17.9 Å². The van der Waals surface area contributed by atoms with Crippen LogP contribution in [0.4, 0.5) is 0 Å². The van der Waals surface area contributed by atoms with Crippen molar-refractivity contribution in [2.24, 2.45) is 5.41 Å². The number of hydrogen-bond donors (Lipinski definition) is 3. The number of nitrogens with one attached hydrogen (secondary N) is 1. The first-order valence-corrected chi connectivity index (χ1v) is 6.53. The van der Waals surface area contributed by atoms with Gasteiger partial charge < -0.3 is 20.3 Å². The van der Waals surface area contributed by atoms with E-state index in [9.17, 15) is 14.7 Å². The van der Waals surface area contributed by atoms with Crippen LogP contribution in [0, 0.1) is 5.41 Å². The Morgan fingerprint density at radius 3 is 2.37 bits per heavy atom. The summed E-state index contributed by atoms with van der Waals surface area (Å²) >= 11 is 0. The van der Waals surface area contributed by atoms with Crippen LogP contribution in [-0.4, -0.2) is 46.9 Å². The van der Waals surface area contributed by atoms with E-state index in [0.717, 1.165) is 0 Å². The van der Waals surface area contributed by atoms with E-state index in [1.54, 1.807) is 0 Å². The number of carboxylic acid groups (broad SMARTS) is 1. The van der Waals surface area contributed by atoms with Crippen LogP contribution in [0.1, 0.15) is 40.0 Å². The van der Waals surface area contributed by atoms with Gasteiger partial charge in [0.15, 0.2) is 6.10 Å². The standard InChI is InChI=1S/C13H23NO5/c1-13(2,3)6-8(15)7-14-11(16)9-4-5-10(19-9)12(17)18/h8-10,15H,4-7H2,1-3H3,(H,14,16)(H,17,18)/t8?,9-,10+/m0/s1. The average molecular weight is 273 g/mol. The van der Waals surface area contributed by atoms with Gasteiger partial charge in [0, 0.05) is 6.54 Å². The van der Waals surface area contributed by atoms with Crippen LogP contribution in [0.2, 0.25) is 0 Å². The number of carbonyl (C=O) groups is 2. The van der Waals surface area contributed by atoms with Crippen LogP contribution in [0.3, 0.4) is 0 Å². The Kier molecular flexibility index (Phi) is 5.31. The Morgan fingerprint density at radius 2 is 1.89 bits per heavy atom. The molecule has 1 rings (SSSR count). The van der Waals surface area contributed by atoms with Crippen molar-refractivity contribution in [3.05, 3.63) is 0 Å². The third-order valence-electron chi connectivity index (χ3n) is 2.95. The maximum atomic E-state index is 11.7. The Morgan fingerprint density at radius 1 is 1.32 bits per heavy atom. The number of carboxylic acids is 1. The highest BCUT2D eigenvalue weighted by Crippen LogP contribution is 2.21. The van der Waals surface area contributed by atoms with Crippen molar-refractivity contribution in [2.45, 2.75) is 58.3 Å². The highest BCUT2D eigenvalue weighted by atomic mass is 16.5. The fourth-order valence-electron chi connectivity index (χ4n) is 2.12. The number of amides is 1. The van der Waals surface area contributed by atoms with Gasteiger partial charge in [0.05, 0.1) is 6.10 Å². The maximum absolute atomic E-state index is 11.7. The molecular formula is C13H23NO5. The van der Waals surface area contributed by atoms with Crippen molar-refractivity contribution in [3.63, 3.8) is 0 Å². The topological polar surface area (TPSA) is 95.9 Å². The predicted octanol–water partition coefficient (Wildman–Crippen LogP) is 0.532. The van der Waals surface area contributed by atoms with Crippen molar-refractivity contribution in [1.29, 1.82) is 0 Å². The second-order valence-electron chi connectivity index (χ2n) is 6.19. The first-order valence-electron chi connectivity index (χ1n) is 6.53. The van der Waals surface area contributed by atoms with Gasteiger partial charge >= 0.3 is 5.97 Å². The first-order chi connectivity index (χ1) is 8.69. The third kappa shape index (κ3) is 5.57. The maximum Gasteiger partial charge on any atom is 0.332 e. The quantitative estimate of drug-likeness (QED) is 0.679. The van der Waals surface area contributed by atoms with Crippen LogP contribution < -0.4 is 5.32 Å². The van der Waals surface area contributed by atoms with Crippen LogP contribution in [0.15, 0.2) is 0 Å². The minimum atomic E-state index is -1.04. The zero-order valence-corrected chi connectivity index (χ0v) is 11.7. The second kappa shape index (κ2) is 6.34. The van der Waals surface area contributed by atoms with Crippen molar-refractivity contribution in [1.82, 2.24) is 5.32 Å². The molecular weight excluding hydrogens is 250 g/mol. The molecule has 1 saturated heterocycles. The molecule has 6 nitrogen and oxygen atoms in total. The molecule has 1 unspecified atom stereocenters. The predicted molar refractivity (Wildman–Crippen MR) is 68.6 cm³/mol. The van der Waals surface area contributed by atoms with Crippen molar-refractivity contribution < 1.29 is 24.5 Å². The first kappa shape index (κ1) is 15.9. The van der Waals surface area contributed by atoms with E-state index in [0.29, 0.717) is 19.3 Å². The molecule has 19 heavy (non-hydrogen) atoms. The Bertz CT molecular complexity index is 336. The van der Waals surface area contributed by atoms with Crippen molar-refractivity contribution in [2.75, 3.05) is 6.54 Å². The molecule has 0 aromatic heterocycles. The molecule has 6 heteroatoms. The lowest BCUT2D eigenvalue weighted by atomic mass is 9.89. The van der Waals surface area contributed by atoms with E-state index < -0.39 is 24.3 Å². The Balaban J connectivity index is 2.31. The number of rotatable bonds is 5. The van der Waals surface area contributed by atoms with Gasteiger partial charge in [-0.1, -0.05) is 20.8 Å². The summed E-state index contributed by atoms with van der Waals surface area (Å²) in [7, 11) is 0. The molecule has 0 aromatic rings. The molecule has 1 heterocycles. The molecule has 3 N–H and O–H groups in total. The van der Waals surface area contributed by atoms with Crippen LogP contribution >= 0.6 is 0 Å². The van der Waals surface area contributed by atoms with Crippen LogP contribution in [-0.2, 0) is 14.3 Å². The monoisotopic (exact) mass is 273 g/mol. The SMILES string of the molecule is CC(C)(C)CC(O)CNC(=O)[C@@H]1CC[C@H](C(=O)O)O1. The zero-order chi connectivity index (χ0) is 14.6. The minimum absolute atomic E-state index is 0.0115. The fraction of sp³-hybridized carbons (Fsp3) is 0.846. The summed E-state index contributed by atoms with van der Waals surface area (Å²) in [6.45, 7) is 6.19. The summed E-state index contributed by atoms with van der Waals surface area (Å²) in [5.74, 6) is -1.39. The normalized spacial score (nSPS) is 25.1. The van der Waals surface area contributed by atoms with Gasteiger partial charge in [0.1, 0.15) is 6.10 Å². The largest absolute Gasteiger partial charge is 0.479 e. The molecule has 110 valence electrons. The number of aliphatic carboxylic acids is 1. The van der Waals surface area contributed by atoms with Gasteiger partial charge in [-0.15, -0.1) is 0 Å². The number of carbonyl (C=O) groups excluding carboxylic acids is 1. The van der Waals surface area contributed by atoms with Gasteiger partial charge in [-0.25, -0.2) is 4.79 Å². The highest BCUT2D eigenvalue weighted by Gasteiger charge is 2.34. The summed E-state index contributed by atoms with van der Waals surface area (Å²) in [5.41, 5.74) is -0.0115.